The lowest BCUT2D eigenvalue weighted by Crippen LogP contribution is -2.43. The number of nitrogens with two attached hydrogens (primary N) is 1. The van der Waals surface area contributed by atoms with E-state index >= 15 is 0 Å². The molecule has 3 rings (SSSR count). The minimum atomic E-state index is -0.811. The van der Waals surface area contributed by atoms with Gasteiger partial charge < -0.3 is 15.2 Å². The zero-order chi connectivity index (χ0) is 21.0. The molecule has 10 heteroatoms. The van der Waals surface area contributed by atoms with E-state index in [9.17, 15) is 18.8 Å². The summed E-state index contributed by atoms with van der Waals surface area (Å²) in [6, 6.07) is 5.98. The number of ether oxygens (including phenoxy) is 2. The first-order valence-electron chi connectivity index (χ1n) is 9.15. The van der Waals surface area contributed by atoms with E-state index in [4.69, 9.17) is 15.2 Å². The van der Waals surface area contributed by atoms with Gasteiger partial charge in [0.25, 0.3) is 5.56 Å². The molecule has 0 bridgehead atoms. The van der Waals surface area contributed by atoms with Crippen molar-refractivity contribution in [2.45, 2.75) is 12.6 Å². The van der Waals surface area contributed by atoms with Gasteiger partial charge in [0.05, 0.1) is 32.4 Å². The molecule has 1 aromatic heterocycles. The highest BCUT2D eigenvalue weighted by atomic mass is 19.1. The Morgan fingerprint density at radius 2 is 2.07 bits per heavy atom. The lowest BCUT2D eigenvalue weighted by atomic mass is 10.1. The number of hydrogen-bond donors (Lipinski definition) is 2. The quantitative estimate of drug-likeness (QED) is 0.629. The average molecular weight is 406 g/mol. The summed E-state index contributed by atoms with van der Waals surface area (Å²) in [7, 11) is 1.47. The number of ketones is 1. The van der Waals surface area contributed by atoms with Crippen molar-refractivity contribution in [3.63, 3.8) is 0 Å². The molecule has 2 heterocycles. The standard InChI is InChI=1S/C19H23FN4O5/c1-28-8-7-24-17(21)16(18(26)22-19(24)27)14(25)10-23-6-9-29-15(11-23)12-2-4-13(20)5-3-12/h2-5,15H,6-11,21H2,1H3,(H,22,26,27). The molecule has 3 N–H and O–H groups in total. The fourth-order valence-corrected chi connectivity index (χ4v) is 3.27. The van der Waals surface area contributed by atoms with E-state index in [0.717, 1.165) is 10.1 Å². The molecule has 0 spiro atoms. The van der Waals surface area contributed by atoms with E-state index in [1.54, 1.807) is 12.1 Å². The summed E-state index contributed by atoms with van der Waals surface area (Å²) in [5.41, 5.74) is 5.01. The number of nitrogens with one attached hydrogen (secondary N) is 1. The second-order valence-electron chi connectivity index (χ2n) is 6.73. The number of halogens is 1. The highest BCUT2D eigenvalue weighted by Gasteiger charge is 2.26. The second kappa shape index (κ2) is 9.12. The number of Topliss-reactive ketones (excluding diaryl/α,β-unsaturated/α-hetero) is 1. The molecule has 2 aromatic rings. The molecule has 0 radical (unpaired) electrons. The third-order valence-corrected chi connectivity index (χ3v) is 4.80. The molecule has 156 valence electrons. The lowest BCUT2D eigenvalue weighted by Gasteiger charge is -2.32. The maximum atomic E-state index is 13.1. The molecular weight excluding hydrogens is 383 g/mol. The molecule has 0 amide bonds. The highest BCUT2D eigenvalue weighted by Crippen LogP contribution is 2.22. The van der Waals surface area contributed by atoms with Gasteiger partial charge in [-0.2, -0.15) is 0 Å². The van der Waals surface area contributed by atoms with Gasteiger partial charge in [-0.05, 0) is 17.7 Å². The Morgan fingerprint density at radius 1 is 1.34 bits per heavy atom. The molecule has 1 aliphatic rings. The van der Waals surface area contributed by atoms with E-state index in [2.05, 4.69) is 4.98 Å². The molecule has 0 saturated carbocycles. The lowest BCUT2D eigenvalue weighted by molar-refractivity contribution is -0.0275. The average Bonchev–Trinajstić information content (AvgIpc) is 2.68. The Morgan fingerprint density at radius 3 is 2.76 bits per heavy atom. The van der Waals surface area contributed by atoms with Crippen LogP contribution in [0.3, 0.4) is 0 Å². The topological polar surface area (TPSA) is 120 Å². The van der Waals surface area contributed by atoms with Crippen LogP contribution in [0, 0.1) is 5.82 Å². The van der Waals surface area contributed by atoms with Gasteiger partial charge in [0.1, 0.15) is 17.2 Å². The second-order valence-corrected chi connectivity index (χ2v) is 6.73. The first-order valence-corrected chi connectivity index (χ1v) is 9.15. The van der Waals surface area contributed by atoms with Crippen LogP contribution in [0.5, 0.6) is 0 Å². The largest absolute Gasteiger partial charge is 0.384 e. The van der Waals surface area contributed by atoms with Crippen LogP contribution < -0.4 is 17.0 Å². The van der Waals surface area contributed by atoms with Crippen LogP contribution in [-0.2, 0) is 16.0 Å². The summed E-state index contributed by atoms with van der Waals surface area (Å²) in [5, 5.41) is 0. The Balaban J connectivity index is 1.76. The molecule has 1 aromatic carbocycles. The zero-order valence-corrected chi connectivity index (χ0v) is 16.0. The van der Waals surface area contributed by atoms with Crippen molar-refractivity contribution in [1.29, 1.82) is 0 Å². The number of nitrogen functional groups attached to an aromatic ring is 1. The number of aromatic nitrogens is 2. The number of methoxy groups -OCH3 is 1. The van der Waals surface area contributed by atoms with Crippen molar-refractivity contribution in [1.82, 2.24) is 14.5 Å². The smallest absolute Gasteiger partial charge is 0.330 e. The summed E-state index contributed by atoms with van der Waals surface area (Å²) in [6.07, 6.45) is -0.316. The van der Waals surface area contributed by atoms with Crippen molar-refractivity contribution in [2.75, 3.05) is 45.7 Å². The minimum Gasteiger partial charge on any atom is -0.384 e. The first kappa shape index (κ1) is 20.9. The molecule has 1 fully saturated rings. The number of rotatable bonds is 7. The first-order chi connectivity index (χ1) is 13.9. The molecule has 0 aliphatic carbocycles. The van der Waals surface area contributed by atoms with E-state index in [1.807, 2.05) is 4.90 Å². The van der Waals surface area contributed by atoms with Crippen molar-refractivity contribution < 1.29 is 18.7 Å². The van der Waals surface area contributed by atoms with Crippen LogP contribution in [0.1, 0.15) is 22.0 Å². The molecule has 1 saturated heterocycles. The van der Waals surface area contributed by atoms with Crippen molar-refractivity contribution >= 4 is 11.6 Å². The van der Waals surface area contributed by atoms with Gasteiger partial charge in [0.2, 0.25) is 0 Å². The van der Waals surface area contributed by atoms with Crippen LogP contribution in [0.25, 0.3) is 0 Å². The molecular formula is C19H23FN4O5. The van der Waals surface area contributed by atoms with Crippen LogP contribution in [0.4, 0.5) is 10.2 Å². The maximum absolute atomic E-state index is 13.1. The number of carbonyl (C=O) groups excluding carboxylic acids is 1. The van der Waals surface area contributed by atoms with Gasteiger partial charge in [-0.15, -0.1) is 0 Å². The molecule has 29 heavy (non-hydrogen) atoms. The predicted molar refractivity (Wildman–Crippen MR) is 103 cm³/mol. The zero-order valence-electron chi connectivity index (χ0n) is 16.0. The number of H-pyrrole nitrogens is 1. The number of benzene rings is 1. The number of morpholine rings is 1. The van der Waals surface area contributed by atoms with Gasteiger partial charge >= 0.3 is 5.69 Å². The van der Waals surface area contributed by atoms with Crippen LogP contribution in [-0.4, -0.2) is 60.2 Å². The number of anilines is 1. The normalized spacial score (nSPS) is 17.4. The van der Waals surface area contributed by atoms with E-state index < -0.39 is 17.0 Å². The Bertz CT molecular complexity index is 986. The SMILES string of the molecule is COCCn1c(N)c(C(=O)CN2CCOC(c3ccc(F)cc3)C2)c(=O)[nH]c1=O. The summed E-state index contributed by atoms with van der Waals surface area (Å²) >= 11 is 0. The maximum Gasteiger partial charge on any atom is 0.330 e. The molecule has 1 atom stereocenters. The third-order valence-electron chi connectivity index (χ3n) is 4.80. The van der Waals surface area contributed by atoms with E-state index in [0.29, 0.717) is 19.7 Å². The number of aromatic amines is 1. The van der Waals surface area contributed by atoms with Gasteiger partial charge in [0, 0.05) is 20.2 Å². The van der Waals surface area contributed by atoms with E-state index in [-0.39, 0.29) is 43.0 Å². The van der Waals surface area contributed by atoms with Crippen molar-refractivity contribution in [3.8, 4) is 0 Å². The van der Waals surface area contributed by atoms with Crippen LogP contribution in [0.2, 0.25) is 0 Å². The third kappa shape index (κ3) is 4.78. The highest BCUT2D eigenvalue weighted by molar-refractivity contribution is 6.01. The Hall–Kier alpha value is -2.82. The van der Waals surface area contributed by atoms with E-state index in [1.165, 1.54) is 19.2 Å². The summed E-state index contributed by atoms with van der Waals surface area (Å²) in [6.45, 7) is 1.53. The summed E-state index contributed by atoms with van der Waals surface area (Å²) in [4.78, 5) is 40.9. The number of nitrogens with zero attached hydrogens (tertiary/aromatic N) is 2. The van der Waals surface area contributed by atoms with Gasteiger partial charge in [-0.3, -0.25) is 24.0 Å². The Labute approximate surface area is 165 Å². The summed E-state index contributed by atoms with van der Waals surface area (Å²) < 4.78 is 24.9. The van der Waals surface area contributed by atoms with Crippen LogP contribution >= 0.6 is 0 Å². The Kier molecular flexibility index (Phi) is 6.57. The van der Waals surface area contributed by atoms with Gasteiger partial charge in [0.15, 0.2) is 5.78 Å². The van der Waals surface area contributed by atoms with Crippen molar-refractivity contribution in [3.05, 3.63) is 62.0 Å². The fraction of sp³-hybridized carbons (Fsp3) is 0.421. The monoisotopic (exact) mass is 406 g/mol. The molecule has 1 unspecified atom stereocenters. The molecule has 1 aliphatic heterocycles. The number of carbonyl (C=O) groups is 1. The number of hydrogen-bond acceptors (Lipinski definition) is 7. The van der Waals surface area contributed by atoms with Crippen molar-refractivity contribution in [2.24, 2.45) is 0 Å². The minimum absolute atomic E-state index is 0.0587. The van der Waals surface area contributed by atoms with Crippen LogP contribution in [0.15, 0.2) is 33.9 Å². The predicted octanol–water partition coefficient (Wildman–Crippen LogP) is 0.161. The summed E-state index contributed by atoms with van der Waals surface area (Å²) in [5.74, 6) is -1.01. The van der Waals surface area contributed by atoms with Gasteiger partial charge in [-0.1, -0.05) is 12.1 Å². The fourth-order valence-electron chi connectivity index (χ4n) is 3.27. The molecule has 9 nitrogen and oxygen atoms in total. The van der Waals surface area contributed by atoms with Gasteiger partial charge in [-0.25, -0.2) is 9.18 Å².